The number of rotatable bonds is 8. The third kappa shape index (κ3) is 5.17. The molecule has 0 aliphatic rings. The number of carbonyl (C=O) groups is 2. The zero-order chi connectivity index (χ0) is 21.3. The third-order valence-electron chi connectivity index (χ3n) is 4.34. The number of methoxy groups -OCH3 is 1. The van der Waals surface area contributed by atoms with Gasteiger partial charge in [0.25, 0.3) is 5.91 Å². The van der Waals surface area contributed by atoms with Gasteiger partial charge in [-0.15, -0.1) is 0 Å². The van der Waals surface area contributed by atoms with E-state index in [0.29, 0.717) is 34.9 Å². The molecule has 3 rings (SSSR count). The third-order valence-corrected chi connectivity index (χ3v) is 4.34. The average Bonchev–Trinajstić information content (AvgIpc) is 2.79. The Bertz CT molecular complexity index is 986. The number of esters is 1. The lowest BCUT2D eigenvalue weighted by Gasteiger charge is -2.19. The number of hydrogen-bond acceptors (Lipinski definition) is 5. The summed E-state index contributed by atoms with van der Waals surface area (Å²) in [5.74, 6) is 0.0769. The van der Waals surface area contributed by atoms with Crippen LogP contribution in [0.2, 0.25) is 0 Å². The van der Waals surface area contributed by atoms with Crippen LogP contribution in [0.15, 0.2) is 78.9 Å². The van der Waals surface area contributed by atoms with Gasteiger partial charge in [0, 0.05) is 5.56 Å². The average molecular weight is 405 g/mol. The molecule has 0 radical (unpaired) electrons. The number of para-hydroxylation sites is 2. The first-order valence-electron chi connectivity index (χ1n) is 9.55. The highest BCUT2D eigenvalue weighted by Crippen LogP contribution is 2.27. The molecule has 0 saturated heterocycles. The molecule has 1 atom stereocenters. The summed E-state index contributed by atoms with van der Waals surface area (Å²) in [5.41, 5.74) is 1.38. The molecule has 1 amide bonds. The summed E-state index contributed by atoms with van der Waals surface area (Å²) in [5, 5.41) is 2.81. The predicted octanol–water partition coefficient (Wildman–Crippen LogP) is 4.63. The summed E-state index contributed by atoms with van der Waals surface area (Å²) >= 11 is 0. The van der Waals surface area contributed by atoms with Gasteiger partial charge in [-0.3, -0.25) is 4.79 Å². The van der Waals surface area contributed by atoms with Gasteiger partial charge in [-0.05, 0) is 43.3 Å². The fraction of sp³-hybridized carbons (Fsp3) is 0.167. The van der Waals surface area contributed by atoms with Crippen LogP contribution in [0.4, 0.5) is 5.69 Å². The van der Waals surface area contributed by atoms with E-state index in [1.807, 2.05) is 19.1 Å². The highest BCUT2D eigenvalue weighted by atomic mass is 16.5. The Morgan fingerprint density at radius 3 is 2.23 bits per heavy atom. The molecule has 154 valence electrons. The Kier molecular flexibility index (Phi) is 7.05. The zero-order valence-corrected chi connectivity index (χ0v) is 16.8. The summed E-state index contributed by atoms with van der Waals surface area (Å²) in [6, 6.07) is 22.5. The second-order valence-corrected chi connectivity index (χ2v) is 6.34. The van der Waals surface area contributed by atoms with Crippen molar-refractivity contribution in [3.8, 4) is 11.5 Å². The van der Waals surface area contributed by atoms with Crippen molar-refractivity contribution >= 4 is 17.6 Å². The molecule has 0 bridgehead atoms. The number of benzene rings is 3. The maximum Gasteiger partial charge on any atom is 0.339 e. The molecule has 6 nitrogen and oxygen atoms in total. The van der Waals surface area contributed by atoms with E-state index in [1.165, 1.54) is 0 Å². The van der Waals surface area contributed by atoms with E-state index in [2.05, 4.69) is 5.32 Å². The number of anilines is 1. The van der Waals surface area contributed by atoms with E-state index in [4.69, 9.17) is 14.2 Å². The van der Waals surface area contributed by atoms with Crippen molar-refractivity contribution in [1.82, 2.24) is 0 Å². The van der Waals surface area contributed by atoms with Crippen molar-refractivity contribution in [2.75, 3.05) is 19.0 Å². The number of amides is 1. The smallest absolute Gasteiger partial charge is 0.339 e. The normalized spacial score (nSPS) is 11.3. The van der Waals surface area contributed by atoms with Crippen LogP contribution in [0, 0.1) is 0 Å². The van der Waals surface area contributed by atoms with E-state index in [1.54, 1.807) is 73.8 Å². The van der Waals surface area contributed by atoms with Gasteiger partial charge in [0.2, 0.25) is 6.10 Å². The molecule has 0 fully saturated rings. The predicted molar refractivity (Wildman–Crippen MR) is 114 cm³/mol. The number of carbonyl (C=O) groups excluding carboxylic acids is 2. The van der Waals surface area contributed by atoms with Gasteiger partial charge in [-0.1, -0.05) is 42.5 Å². The lowest BCUT2D eigenvalue weighted by molar-refractivity contribution is -0.125. The summed E-state index contributed by atoms with van der Waals surface area (Å²) in [4.78, 5) is 25.8. The van der Waals surface area contributed by atoms with Crippen LogP contribution in [-0.4, -0.2) is 25.6 Å². The van der Waals surface area contributed by atoms with Gasteiger partial charge in [-0.25, -0.2) is 4.79 Å². The van der Waals surface area contributed by atoms with Crippen molar-refractivity contribution in [2.45, 2.75) is 13.0 Å². The fourth-order valence-corrected chi connectivity index (χ4v) is 2.85. The van der Waals surface area contributed by atoms with Gasteiger partial charge < -0.3 is 19.5 Å². The molecule has 0 saturated carbocycles. The van der Waals surface area contributed by atoms with E-state index in [9.17, 15) is 9.59 Å². The van der Waals surface area contributed by atoms with Gasteiger partial charge in [0.15, 0.2) is 0 Å². The second kappa shape index (κ2) is 10.1. The molecule has 6 heteroatoms. The van der Waals surface area contributed by atoms with Crippen LogP contribution in [0.25, 0.3) is 0 Å². The quantitative estimate of drug-likeness (QED) is 0.553. The number of hydrogen-bond donors (Lipinski definition) is 1. The largest absolute Gasteiger partial charge is 0.497 e. The minimum Gasteiger partial charge on any atom is -0.497 e. The first-order chi connectivity index (χ1) is 14.6. The molecular weight excluding hydrogens is 382 g/mol. The van der Waals surface area contributed by atoms with Gasteiger partial charge in [0.1, 0.15) is 11.5 Å². The maximum atomic E-state index is 13.1. The van der Waals surface area contributed by atoms with Crippen LogP contribution in [0.5, 0.6) is 11.5 Å². The SMILES string of the molecule is CCOc1ccccc1NC(=O)[C@@H](OC(=O)c1ccc(OC)cc1)c1ccccc1. The van der Waals surface area contributed by atoms with Crippen molar-refractivity contribution in [3.05, 3.63) is 90.0 Å². The highest BCUT2D eigenvalue weighted by Gasteiger charge is 2.26. The topological polar surface area (TPSA) is 73.9 Å². The molecule has 3 aromatic rings. The molecule has 0 aliphatic heterocycles. The lowest BCUT2D eigenvalue weighted by Crippen LogP contribution is -2.26. The molecule has 0 aromatic heterocycles. The van der Waals surface area contributed by atoms with E-state index < -0.39 is 18.0 Å². The zero-order valence-electron chi connectivity index (χ0n) is 16.8. The highest BCUT2D eigenvalue weighted by molar-refractivity contribution is 5.99. The van der Waals surface area contributed by atoms with E-state index in [-0.39, 0.29) is 0 Å². The maximum absolute atomic E-state index is 13.1. The summed E-state index contributed by atoms with van der Waals surface area (Å²) in [6.07, 6.45) is -1.13. The number of ether oxygens (including phenoxy) is 3. The minimum absolute atomic E-state index is 0.319. The fourth-order valence-electron chi connectivity index (χ4n) is 2.85. The minimum atomic E-state index is -1.13. The van der Waals surface area contributed by atoms with Gasteiger partial charge in [-0.2, -0.15) is 0 Å². The van der Waals surface area contributed by atoms with Gasteiger partial charge >= 0.3 is 5.97 Å². The Hall–Kier alpha value is -3.80. The van der Waals surface area contributed by atoms with Crippen LogP contribution in [-0.2, 0) is 9.53 Å². The van der Waals surface area contributed by atoms with Crippen LogP contribution in [0.3, 0.4) is 0 Å². The second-order valence-electron chi connectivity index (χ2n) is 6.34. The standard InChI is InChI=1S/C24H23NO5/c1-3-29-21-12-8-7-11-20(21)25-23(26)22(17-9-5-4-6-10-17)30-24(27)18-13-15-19(28-2)16-14-18/h4-16,22H,3H2,1-2H3,(H,25,26)/t22-/m0/s1. The number of nitrogens with one attached hydrogen (secondary N) is 1. The molecule has 30 heavy (non-hydrogen) atoms. The Morgan fingerprint density at radius 2 is 1.57 bits per heavy atom. The van der Waals surface area contributed by atoms with Crippen molar-refractivity contribution in [3.63, 3.8) is 0 Å². The Balaban J connectivity index is 1.84. The molecule has 0 spiro atoms. The van der Waals surface area contributed by atoms with E-state index >= 15 is 0 Å². The first-order valence-corrected chi connectivity index (χ1v) is 9.55. The molecule has 3 aromatic carbocycles. The van der Waals surface area contributed by atoms with Crippen LogP contribution in [0.1, 0.15) is 28.9 Å². The van der Waals surface area contributed by atoms with Gasteiger partial charge in [0.05, 0.1) is 25.0 Å². The van der Waals surface area contributed by atoms with Crippen molar-refractivity contribution < 1.29 is 23.8 Å². The lowest BCUT2D eigenvalue weighted by atomic mass is 10.1. The van der Waals surface area contributed by atoms with Crippen LogP contribution < -0.4 is 14.8 Å². The van der Waals surface area contributed by atoms with Crippen molar-refractivity contribution in [1.29, 1.82) is 0 Å². The summed E-state index contributed by atoms with van der Waals surface area (Å²) in [7, 11) is 1.54. The molecule has 0 heterocycles. The summed E-state index contributed by atoms with van der Waals surface area (Å²) in [6.45, 7) is 2.32. The molecular formula is C24H23NO5. The first kappa shape index (κ1) is 20.9. The van der Waals surface area contributed by atoms with E-state index in [0.717, 1.165) is 0 Å². The molecule has 1 N–H and O–H groups in total. The molecule has 0 unspecified atom stereocenters. The Labute approximate surface area is 175 Å². The summed E-state index contributed by atoms with van der Waals surface area (Å²) < 4.78 is 16.3. The Morgan fingerprint density at radius 1 is 0.900 bits per heavy atom. The monoisotopic (exact) mass is 405 g/mol. The molecule has 0 aliphatic carbocycles. The van der Waals surface area contributed by atoms with Crippen LogP contribution >= 0.6 is 0 Å². The van der Waals surface area contributed by atoms with Crippen molar-refractivity contribution in [2.24, 2.45) is 0 Å².